The van der Waals surface area contributed by atoms with E-state index >= 15 is 0 Å². The maximum atomic E-state index is 11.6. The highest BCUT2D eigenvalue weighted by Gasteiger charge is 2.28. The third-order valence-electron chi connectivity index (χ3n) is 4.09. The van der Waals surface area contributed by atoms with Gasteiger partial charge >= 0.3 is 0 Å². The van der Waals surface area contributed by atoms with Crippen molar-refractivity contribution in [1.29, 1.82) is 0 Å². The van der Waals surface area contributed by atoms with Crippen LogP contribution in [0.3, 0.4) is 0 Å². The minimum Gasteiger partial charge on any atom is -0.348 e. The lowest BCUT2D eigenvalue weighted by Crippen LogP contribution is -2.37. The summed E-state index contributed by atoms with van der Waals surface area (Å²) >= 11 is 0. The van der Waals surface area contributed by atoms with E-state index in [1.807, 2.05) is 0 Å². The first-order valence-corrected chi connectivity index (χ1v) is 7.14. The zero-order valence-corrected chi connectivity index (χ0v) is 11.9. The molecule has 19 heavy (non-hydrogen) atoms. The van der Waals surface area contributed by atoms with E-state index in [9.17, 15) is 4.79 Å². The Morgan fingerprint density at radius 3 is 2.53 bits per heavy atom. The number of hydrogen-bond acceptors (Lipinski definition) is 2. The average Bonchev–Trinajstić information content (AvgIpc) is 2.36. The van der Waals surface area contributed by atoms with Crippen LogP contribution in [-0.2, 0) is 4.79 Å². The zero-order chi connectivity index (χ0) is 13.7. The van der Waals surface area contributed by atoms with Crippen LogP contribution in [0.4, 0.5) is 0 Å². The Morgan fingerprint density at radius 2 is 2.00 bits per heavy atom. The molecule has 1 aliphatic carbocycles. The largest absolute Gasteiger partial charge is 0.348 e. The Bertz CT molecular complexity index is 398. The van der Waals surface area contributed by atoms with Crippen molar-refractivity contribution in [2.24, 2.45) is 5.92 Å². The maximum absolute atomic E-state index is 11.6. The van der Waals surface area contributed by atoms with Crippen molar-refractivity contribution in [1.82, 2.24) is 10.2 Å². The number of nitrogens with one attached hydrogen (secondary N) is 1. The number of rotatable bonds is 6. The summed E-state index contributed by atoms with van der Waals surface area (Å²) in [5.74, 6) is 1.47. The van der Waals surface area contributed by atoms with E-state index in [0.717, 1.165) is 12.5 Å². The van der Waals surface area contributed by atoms with Gasteiger partial charge in [-0.2, -0.15) is 0 Å². The Labute approximate surface area is 116 Å². The minimum atomic E-state index is 0.139. The molecule has 0 saturated heterocycles. The molecule has 0 radical (unpaired) electrons. The summed E-state index contributed by atoms with van der Waals surface area (Å²) in [5, 5.41) is 3.32. The van der Waals surface area contributed by atoms with Gasteiger partial charge in [-0.05, 0) is 30.2 Å². The van der Waals surface area contributed by atoms with Crippen molar-refractivity contribution in [3.05, 3.63) is 35.9 Å². The Balaban J connectivity index is 1.90. The number of hydrogen-bond donors (Lipinski definition) is 1. The molecule has 2 rings (SSSR count). The van der Waals surface area contributed by atoms with E-state index in [1.165, 1.54) is 24.8 Å². The minimum absolute atomic E-state index is 0.139. The topological polar surface area (TPSA) is 32.3 Å². The molecule has 0 heterocycles. The highest BCUT2D eigenvalue weighted by molar-refractivity contribution is 5.77. The fourth-order valence-corrected chi connectivity index (χ4v) is 2.59. The van der Waals surface area contributed by atoms with E-state index in [4.69, 9.17) is 0 Å². The smallest absolute Gasteiger partial charge is 0.236 e. The van der Waals surface area contributed by atoms with Gasteiger partial charge in [-0.3, -0.25) is 4.79 Å². The summed E-state index contributed by atoms with van der Waals surface area (Å²) in [4.78, 5) is 13.2. The second-order valence-electron chi connectivity index (χ2n) is 5.63. The lowest BCUT2D eigenvalue weighted by atomic mass is 9.73. The molecule has 104 valence electrons. The molecule has 1 aliphatic rings. The predicted molar refractivity (Wildman–Crippen MR) is 78.1 cm³/mol. The van der Waals surface area contributed by atoms with E-state index < -0.39 is 0 Å². The number of amides is 1. The fourth-order valence-electron chi connectivity index (χ4n) is 2.59. The van der Waals surface area contributed by atoms with Crippen molar-refractivity contribution in [2.75, 3.05) is 27.2 Å². The number of benzene rings is 1. The van der Waals surface area contributed by atoms with Gasteiger partial charge in [-0.25, -0.2) is 0 Å². The highest BCUT2D eigenvalue weighted by atomic mass is 16.2. The highest BCUT2D eigenvalue weighted by Crippen LogP contribution is 2.38. The van der Waals surface area contributed by atoms with Gasteiger partial charge in [0.1, 0.15) is 0 Å². The lowest BCUT2D eigenvalue weighted by Gasteiger charge is -2.34. The summed E-state index contributed by atoms with van der Waals surface area (Å²) in [5.41, 5.74) is 1.40. The molecule has 0 unspecified atom stereocenters. The van der Waals surface area contributed by atoms with Gasteiger partial charge in [0.2, 0.25) is 5.91 Å². The Hall–Kier alpha value is -1.35. The number of nitrogens with zero attached hydrogens (tertiary/aromatic N) is 1. The lowest BCUT2D eigenvalue weighted by molar-refractivity contribution is -0.127. The van der Waals surface area contributed by atoms with Gasteiger partial charge in [0.25, 0.3) is 0 Å². The first-order chi connectivity index (χ1) is 9.18. The molecular weight excluding hydrogens is 236 g/mol. The van der Waals surface area contributed by atoms with E-state index in [1.54, 1.807) is 19.0 Å². The van der Waals surface area contributed by atoms with Gasteiger partial charge < -0.3 is 10.2 Å². The SMILES string of the molecule is CN(C)C(=O)CNC[C@@H](c1ccccc1)C1CCC1. The van der Waals surface area contributed by atoms with Crippen LogP contribution in [0.5, 0.6) is 0 Å². The van der Waals surface area contributed by atoms with Crippen LogP contribution in [0.2, 0.25) is 0 Å². The molecule has 1 atom stereocenters. The summed E-state index contributed by atoms with van der Waals surface area (Å²) < 4.78 is 0. The predicted octanol–water partition coefficient (Wildman–Crippen LogP) is 2.25. The molecule has 0 bridgehead atoms. The van der Waals surface area contributed by atoms with E-state index in [2.05, 4.69) is 35.6 Å². The van der Waals surface area contributed by atoms with Crippen molar-refractivity contribution in [3.63, 3.8) is 0 Å². The van der Waals surface area contributed by atoms with Crippen molar-refractivity contribution < 1.29 is 4.79 Å². The molecule has 1 fully saturated rings. The molecule has 1 aromatic rings. The number of carbonyl (C=O) groups excluding carboxylic acids is 1. The van der Waals surface area contributed by atoms with Crippen LogP contribution < -0.4 is 5.32 Å². The zero-order valence-electron chi connectivity index (χ0n) is 11.9. The van der Waals surface area contributed by atoms with Crippen LogP contribution in [-0.4, -0.2) is 38.0 Å². The van der Waals surface area contributed by atoms with Crippen LogP contribution in [0.25, 0.3) is 0 Å². The van der Waals surface area contributed by atoms with Crippen molar-refractivity contribution in [3.8, 4) is 0 Å². The maximum Gasteiger partial charge on any atom is 0.236 e. The standard InChI is InChI=1S/C16H24N2O/c1-18(2)16(19)12-17-11-15(14-9-6-10-14)13-7-4-3-5-8-13/h3-5,7-8,14-15,17H,6,9-12H2,1-2H3/t15-/m0/s1. The van der Waals surface area contributed by atoms with Crippen LogP contribution in [0.15, 0.2) is 30.3 Å². The molecular formula is C16H24N2O. The normalized spacial score (nSPS) is 16.7. The van der Waals surface area contributed by atoms with E-state index in [-0.39, 0.29) is 5.91 Å². The molecule has 0 aliphatic heterocycles. The summed E-state index contributed by atoms with van der Waals surface area (Å²) in [6.07, 6.45) is 4.00. The third-order valence-corrected chi connectivity index (χ3v) is 4.09. The first-order valence-electron chi connectivity index (χ1n) is 7.14. The molecule has 1 aromatic carbocycles. The van der Waals surface area contributed by atoms with Crippen LogP contribution >= 0.6 is 0 Å². The second-order valence-corrected chi connectivity index (χ2v) is 5.63. The van der Waals surface area contributed by atoms with Crippen LogP contribution in [0.1, 0.15) is 30.7 Å². The summed E-state index contributed by atoms with van der Waals surface area (Å²) in [6, 6.07) is 10.7. The van der Waals surface area contributed by atoms with Crippen molar-refractivity contribution in [2.45, 2.75) is 25.2 Å². The molecule has 3 heteroatoms. The average molecular weight is 260 g/mol. The Kier molecular flexibility index (Phi) is 4.97. The molecule has 0 spiro atoms. The fraction of sp³-hybridized carbons (Fsp3) is 0.562. The third kappa shape index (κ3) is 3.80. The number of likely N-dealkylation sites (N-methyl/N-ethyl adjacent to an activating group) is 1. The van der Waals surface area contributed by atoms with Gasteiger partial charge in [-0.1, -0.05) is 36.8 Å². The van der Waals surface area contributed by atoms with Crippen LogP contribution in [0, 0.1) is 5.92 Å². The molecule has 1 saturated carbocycles. The summed E-state index contributed by atoms with van der Waals surface area (Å²) in [6.45, 7) is 1.33. The molecule has 1 amide bonds. The van der Waals surface area contributed by atoms with Gasteiger partial charge in [0, 0.05) is 20.6 Å². The quantitative estimate of drug-likeness (QED) is 0.851. The monoisotopic (exact) mass is 260 g/mol. The molecule has 3 nitrogen and oxygen atoms in total. The first kappa shape index (κ1) is 14.1. The molecule has 1 N–H and O–H groups in total. The van der Waals surface area contributed by atoms with Crippen molar-refractivity contribution >= 4 is 5.91 Å². The summed E-state index contributed by atoms with van der Waals surface area (Å²) in [7, 11) is 3.59. The number of carbonyl (C=O) groups is 1. The van der Waals surface area contributed by atoms with Gasteiger partial charge in [-0.15, -0.1) is 0 Å². The van der Waals surface area contributed by atoms with E-state index in [0.29, 0.717) is 12.5 Å². The second kappa shape index (κ2) is 6.71. The van der Waals surface area contributed by atoms with Gasteiger partial charge in [0.05, 0.1) is 6.54 Å². The van der Waals surface area contributed by atoms with Gasteiger partial charge in [0.15, 0.2) is 0 Å². The Morgan fingerprint density at radius 1 is 1.32 bits per heavy atom. The molecule has 0 aromatic heterocycles.